The molecule has 1 fully saturated rings. The highest BCUT2D eigenvalue weighted by Gasteiger charge is 2.47. The van der Waals surface area contributed by atoms with Gasteiger partial charge in [-0.15, -0.1) is 0 Å². The van der Waals surface area contributed by atoms with E-state index >= 15 is 0 Å². The van der Waals surface area contributed by atoms with Crippen molar-refractivity contribution < 1.29 is 19.1 Å². The Bertz CT molecular complexity index is 833. The van der Waals surface area contributed by atoms with Crippen LogP contribution in [0.4, 0.5) is 5.69 Å². The maximum Gasteiger partial charge on any atom is 0.228 e. The summed E-state index contributed by atoms with van der Waals surface area (Å²) < 4.78 is 10.5. The molecule has 0 heterocycles. The van der Waals surface area contributed by atoms with E-state index in [1.807, 2.05) is 43.3 Å². The molecule has 1 aliphatic carbocycles. The molecule has 2 amide bonds. The minimum atomic E-state index is -0.268. The summed E-state index contributed by atoms with van der Waals surface area (Å²) in [5.41, 5.74) is 2.79. The lowest BCUT2D eigenvalue weighted by Gasteiger charge is -2.10. The largest absolute Gasteiger partial charge is 0.493 e. The number of nitrogens with one attached hydrogen (secondary N) is 2. The van der Waals surface area contributed by atoms with Crippen LogP contribution in [0.25, 0.3) is 0 Å². The van der Waals surface area contributed by atoms with Gasteiger partial charge in [-0.1, -0.05) is 23.8 Å². The maximum absolute atomic E-state index is 12.3. The van der Waals surface area contributed by atoms with Gasteiger partial charge in [0, 0.05) is 12.2 Å². The van der Waals surface area contributed by atoms with Crippen LogP contribution >= 0.6 is 0 Å². The van der Waals surface area contributed by atoms with Crippen LogP contribution in [-0.2, 0) is 16.1 Å². The molecule has 1 aliphatic rings. The quantitative estimate of drug-likeness (QED) is 0.788. The van der Waals surface area contributed by atoms with Gasteiger partial charge in [-0.25, -0.2) is 0 Å². The Hall–Kier alpha value is -3.02. The standard InChI is InChI=1S/C21H24N2O4/c1-13-4-7-15(8-5-13)23-21(25)17-11-16(17)20(24)22-12-14-6-9-18(26-2)19(10-14)27-3/h4-10,16-17H,11-12H2,1-3H3,(H,22,24)(H,23,25). The van der Waals surface area contributed by atoms with Crippen molar-refractivity contribution in [3.05, 3.63) is 53.6 Å². The fourth-order valence-corrected chi connectivity index (χ4v) is 2.96. The molecule has 6 heteroatoms. The Kier molecular flexibility index (Phi) is 5.64. The summed E-state index contributed by atoms with van der Waals surface area (Å²) in [6, 6.07) is 13.1. The van der Waals surface area contributed by atoms with Crippen LogP contribution in [0.1, 0.15) is 17.5 Å². The van der Waals surface area contributed by atoms with Gasteiger partial charge < -0.3 is 20.1 Å². The number of methoxy groups -OCH3 is 2. The molecule has 142 valence electrons. The molecule has 2 atom stereocenters. The Morgan fingerprint density at radius 3 is 2.30 bits per heavy atom. The second kappa shape index (κ2) is 8.12. The zero-order valence-electron chi connectivity index (χ0n) is 15.7. The molecule has 0 radical (unpaired) electrons. The Balaban J connectivity index is 1.50. The molecule has 2 N–H and O–H groups in total. The summed E-state index contributed by atoms with van der Waals surface area (Å²) in [4.78, 5) is 24.6. The first-order valence-corrected chi connectivity index (χ1v) is 8.88. The van der Waals surface area contributed by atoms with E-state index in [9.17, 15) is 9.59 Å². The van der Waals surface area contributed by atoms with E-state index in [1.165, 1.54) is 0 Å². The van der Waals surface area contributed by atoms with Crippen LogP contribution in [0.3, 0.4) is 0 Å². The summed E-state index contributed by atoms with van der Waals surface area (Å²) in [5.74, 6) is 0.514. The number of benzene rings is 2. The van der Waals surface area contributed by atoms with E-state index in [4.69, 9.17) is 9.47 Å². The number of aryl methyl sites for hydroxylation is 1. The molecule has 0 aliphatic heterocycles. The van der Waals surface area contributed by atoms with Gasteiger partial charge in [0.05, 0.1) is 26.1 Å². The van der Waals surface area contributed by atoms with Gasteiger partial charge in [0.15, 0.2) is 11.5 Å². The fourth-order valence-electron chi connectivity index (χ4n) is 2.96. The highest BCUT2D eigenvalue weighted by atomic mass is 16.5. The maximum atomic E-state index is 12.3. The Labute approximate surface area is 158 Å². The third-order valence-corrected chi connectivity index (χ3v) is 4.70. The number of carbonyl (C=O) groups is 2. The Morgan fingerprint density at radius 2 is 1.63 bits per heavy atom. The SMILES string of the molecule is COc1ccc(CNC(=O)C2CC2C(=O)Nc2ccc(C)cc2)cc1OC. The number of ether oxygens (including phenoxy) is 2. The van der Waals surface area contributed by atoms with Gasteiger partial charge in [-0.05, 0) is 43.2 Å². The summed E-state index contributed by atoms with van der Waals surface area (Å²) in [6.07, 6.45) is 0.579. The summed E-state index contributed by atoms with van der Waals surface area (Å²) in [6.45, 7) is 2.37. The van der Waals surface area contributed by atoms with Crippen molar-refractivity contribution in [3.8, 4) is 11.5 Å². The fraction of sp³-hybridized carbons (Fsp3) is 0.333. The predicted octanol–water partition coefficient (Wildman–Crippen LogP) is 2.90. The zero-order chi connectivity index (χ0) is 19.4. The summed E-state index contributed by atoms with van der Waals surface area (Å²) in [5, 5.41) is 5.76. The van der Waals surface area contributed by atoms with Crippen molar-refractivity contribution >= 4 is 17.5 Å². The van der Waals surface area contributed by atoms with E-state index in [2.05, 4.69) is 10.6 Å². The molecule has 0 bridgehead atoms. The van der Waals surface area contributed by atoms with Gasteiger partial charge >= 0.3 is 0 Å². The average Bonchev–Trinajstić information content (AvgIpc) is 3.48. The first-order valence-electron chi connectivity index (χ1n) is 8.88. The molecule has 2 aromatic carbocycles. The number of anilines is 1. The van der Waals surface area contributed by atoms with Crippen LogP contribution in [0.2, 0.25) is 0 Å². The normalized spacial score (nSPS) is 17.7. The highest BCUT2D eigenvalue weighted by Crippen LogP contribution is 2.39. The second-order valence-electron chi connectivity index (χ2n) is 6.71. The van der Waals surface area contributed by atoms with E-state index in [0.717, 1.165) is 16.8 Å². The third kappa shape index (κ3) is 4.58. The van der Waals surface area contributed by atoms with E-state index in [-0.39, 0.29) is 23.7 Å². The van der Waals surface area contributed by atoms with Crippen LogP contribution in [0.15, 0.2) is 42.5 Å². The molecule has 27 heavy (non-hydrogen) atoms. The topological polar surface area (TPSA) is 76.7 Å². The monoisotopic (exact) mass is 368 g/mol. The number of hydrogen-bond donors (Lipinski definition) is 2. The molecular formula is C21H24N2O4. The van der Waals surface area contributed by atoms with Crippen molar-refractivity contribution in [2.24, 2.45) is 11.8 Å². The highest BCUT2D eigenvalue weighted by molar-refractivity contribution is 5.99. The lowest BCUT2D eigenvalue weighted by Crippen LogP contribution is -2.27. The van der Waals surface area contributed by atoms with Crippen LogP contribution in [0.5, 0.6) is 11.5 Å². The van der Waals surface area contributed by atoms with Crippen molar-refractivity contribution in [1.82, 2.24) is 5.32 Å². The van der Waals surface area contributed by atoms with Gasteiger partial charge in [0.25, 0.3) is 0 Å². The molecule has 6 nitrogen and oxygen atoms in total. The minimum absolute atomic E-state index is 0.103. The van der Waals surface area contributed by atoms with Gasteiger partial charge in [-0.3, -0.25) is 9.59 Å². The second-order valence-corrected chi connectivity index (χ2v) is 6.71. The summed E-state index contributed by atoms with van der Waals surface area (Å²) in [7, 11) is 3.15. The number of rotatable bonds is 7. The molecule has 0 saturated heterocycles. The first kappa shape index (κ1) is 18.8. The number of hydrogen-bond acceptors (Lipinski definition) is 4. The Morgan fingerprint density at radius 1 is 0.963 bits per heavy atom. The molecular weight excluding hydrogens is 344 g/mol. The molecule has 2 aromatic rings. The first-order chi connectivity index (χ1) is 13.0. The van der Waals surface area contributed by atoms with Crippen molar-refractivity contribution in [1.29, 1.82) is 0 Å². The minimum Gasteiger partial charge on any atom is -0.493 e. The molecule has 0 spiro atoms. The number of amides is 2. The zero-order valence-corrected chi connectivity index (χ0v) is 15.7. The van der Waals surface area contributed by atoms with Gasteiger partial charge in [-0.2, -0.15) is 0 Å². The molecule has 1 saturated carbocycles. The van der Waals surface area contributed by atoms with Gasteiger partial charge in [0.1, 0.15) is 0 Å². The lowest BCUT2D eigenvalue weighted by atomic mass is 10.2. The smallest absolute Gasteiger partial charge is 0.228 e. The van der Waals surface area contributed by atoms with Crippen LogP contribution in [0, 0.1) is 18.8 Å². The molecule has 0 aromatic heterocycles. The van der Waals surface area contributed by atoms with Crippen molar-refractivity contribution in [2.75, 3.05) is 19.5 Å². The summed E-state index contributed by atoms with van der Waals surface area (Å²) >= 11 is 0. The predicted molar refractivity (Wildman–Crippen MR) is 103 cm³/mol. The average molecular weight is 368 g/mol. The van der Waals surface area contributed by atoms with E-state index in [0.29, 0.717) is 24.5 Å². The van der Waals surface area contributed by atoms with Gasteiger partial charge in [0.2, 0.25) is 11.8 Å². The van der Waals surface area contributed by atoms with Crippen LogP contribution < -0.4 is 20.1 Å². The van der Waals surface area contributed by atoms with Crippen LogP contribution in [-0.4, -0.2) is 26.0 Å². The van der Waals surface area contributed by atoms with E-state index in [1.54, 1.807) is 20.3 Å². The molecule has 2 unspecified atom stereocenters. The third-order valence-electron chi connectivity index (χ3n) is 4.70. The van der Waals surface area contributed by atoms with Crippen molar-refractivity contribution in [2.45, 2.75) is 19.9 Å². The lowest BCUT2D eigenvalue weighted by molar-refractivity contribution is -0.125. The van der Waals surface area contributed by atoms with E-state index < -0.39 is 0 Å². The van der Waals surface area contributed by atoms with Crippen molar-refractivity contribution in [3.63, 3.8) is 0 Å². The molecule has 3 rings (SSSR count). The number of carbonyl (C=O) groups excluding carboxylic acids is 2.